The van der Waals surface area contributed by atoms with E-state index in [1.807, 2.05) is 12.1 Å². The molecule has 1 atom stereocenters. The zero-order valence-electron chi connectivity index (χ0n) is 18.2. The van der Waals surface area contributed by atoms with Crippen molar-refractivity contribution in [3.05, 3.63) is 23.4 Å². The number of hydrogen-bond acceptors (Lipinski definition) is 5. The molecule has 1 amide bonds. The Morgan fingerprint density at radius 1 is 1.29 bits per heavy atom. The number of carbonyl (C=O) groups is 1. The van der Waals surface area contributed by atoms with Crippen molar-refractivity contribution in [3.8, 4) is 0 Å². The third-order valence-corrected chi connectivity index (χ3v) is 6.27. The summed E-state index contributed by atoms with van der Waals surface area (Å²) in [6.45, 7) is 5.70. The topological polar surface area (TPSA) is 98.9 Å². The first-order valence-corrected chi connectivity index (χ1v) is 11.3. The number of nitrogens with one attached hydrogen (secondary N) is 2. The van der Waals surface area contributed by atoms with Crippen LogP contribution in [0.2, 0.25) is 5.02 Å². The molecular weight excluding hydrogens is 529 g/mol. The van der Waals surface area contributed by atoms with Gasteiger partial charge >= 0.3 is 0 Å². The second-order valence-electron chi connectivity index (χ2n) is 8.11. The Balaban J connectivity index is 0.00000341. The lowest BCUT2D eigenvalue weighted by molar-refractivity contribution is -0.123. The molecule has 10 heteroatoms. The molecule has 174 valence electrons. The van der Waals surface area contributed by atoms with E-state index >= 15 is 0 Å². The van der Waals surface area contributed by atoms with Gasteiger partial charge in [0.05, 0.1) is 5.02 Å². The van der Waals surface area contributed by atoms with Crippen LogP contribution < -0.4 is 21.3 Å². The Morgan fingerprint density at radius 2 is 2.06 bits per heavy atom. The summed E-state index contributed by atoms with van der Waals surface area (Å²) in [5, 5.41) is 7.63. The van der Waals surface area contributed by atoms with Crippen molar-refractivity contribution >= 4 is 53.3 Å². The normalized spacial score (nSPS) is 20.4. The number of likely N-dealkylation sites (tertiary alicyclic amines) is 1. The average Bonchev–Trinajstić information content (AvgIpc) is 3.21. The summed E-state index contributed by atoms with van der Waals surface area (Å²) in [7, 11) is 1.81. The predicted molar refractivity (Wildman–Crippen MR) is 137 cm³/mol. The van der Waals surface area contributed by atoms with Crippen LogP contribution >= 0.6 is 35.6 Å². The Bertz CT molecular complexity index is 727. The van der Waals surface area contributed by atoms with Crippen LogP contribution in [0.15, 0.2) is 23.3 Å². The SMILES string of the molecule is CN=C(NCCCCN1CCC(C(N)=O)CC1)NC1CCN(c2ncccc2Cl)C1.I. The van der Waals surface area contributed by atoms with Gasteiger partial charge in [0.25, 0.3) is 0 Å². The molecular formula is C21H35ClIN7O. The van der Waals surface area contributed by atoms with E-state index in [0.717, 1.165) is 83.2 Å². The third-order valence-electron chi connectivity index (χ3n) is 5.97. The van der Waals surface area contributed by atoms with Crippen LogP contribution in [0.5, 0.6) is 0 Å². The van der Waals surface area contributed by atoms with E-state index in [9.17, 15) is 4.79 Å². The number of aliphatic imine (C=N–C) groups is 1. The number of anilines is 1. The number of aromatic nitrogens is 1. The zero-order valence-corrected chi connectivity index (χ0v) is 21.3. The number of unbranched alkanes of at least 4 members (excludes halogenated alkanes) is 1. The number of nitrogens with zero attached hydrogens (tertiary/aromatic N) is 4. The first kappa shape index (κ1) is 25.9. The lowest BCUT2D eigenvalue weighted by Gasteiger charge is -2.30. The molecule has 0 radical (unpaired) electrons. The van der Waals surface area contributed by atoms with Gasteiger partial charge in [0.1, 0.15) is 5.82 Å². The van der Waals surface area contributed by atoms with Crippen molar-refractivity contribution < 1.29 is 4.79 Å². The van der Waals surface area contributed by atoms with Gasteiger partial charge in [-0.05, 0) is 63.9 Å². The lowest BCUT2D eigenvalue weighted by Crippen LogP contribution is -2.45. The Kier molecular flexibility index (Phi) is 11.1. The molecule has 2 fully saturated rings. The summed E-state index contributed by atoms with van der Waals surface area (Å²) >= 11 is 6.28. The number of piperidine rings is 1. The number of guanidine groups is 1. The largest absolute Gasteiger partial charge is 0.369 e. The quantitative estimate of drug-likeness (QED) is 0.194. The third kappa shape index (κ3) is 7.94. The van der Waals surface area contributed by atoms with E-state index in [1.54, 1.807) is 13.2 Å². The maximum Gasteiger partial charge on any atom is 0.220 e. The zero-order chi connectivity index (χ0) is 21.3. The molecule has 0 spiro atoms. The predicted octanol–water partition coefficient (Wildman–Crippen LogP) is 2.07. The van der Waals surface area contributed by atoms with E-state index in [-0.39, 0.29) is 35.8 Å². The lowest BCUT2D eigenvalue weighted by atomic mass is 9.96. The molecule has 1 aromatic rings. The molecule has 2 aliphatic heterocycles. The van der Waals surface area contributed by atoms with Gasteiger partial charge in [0.15, 0.2) is 5.96 Å². The number of pyridine rings is 1. The summed E-state index contributed by atoms with van der Waals surface area (Å²) < 4.78 is 0. The van der Waals surface area contributed by atoms with Crippen LogP contribution in [-0.4, -0.2) is 74.1 Å². The Hall–Kier alpha value is -1.33. The average molecular weight is 564 g/mol. The molecule has 8 nitrogen and oxygen atoms in total. The maximum absolute atomic E-state index is 11.2. The van der Waals surface area contributed by atoms with Crippen molar-refractivity contribution in [1.29, 1.82) is 0 Å². The highest BCUT2D eigenvalue weighted by atomic mass is 127. The van der Waals surface area contributed by atoms with E-state index in [1.165, 1.54) is 0 Å². The van der Waals surface area contributed by atoms with Gasteiger partial charge in [0.2, 0.25) is 5.91 Å². The highest BCUT2D eigenvalue weighted by Crippen LogP contribution is 2.25. The minimum Gasteiger partial charge on any atom is -0.369 e. The van der Waals surface area contributed by atoms with E-state index in [0.29, 0.717) is 11.1 Å². The van der Waals surface area contributed by atoms with Crippen LogP contribution in [0.25, 0.3) is 0 Å². The molecule has 1 aromatic heterocycles. The van der Waals surface area contributed by atoms with Gasteiger partial charge in [-0.1, -0.05) is 11.6 Å². The van der Waals surface area contributed by atoms with E-state index in [4.69, 9.17) is 17.3 Å². The number of primary amides is 1. The summed E-state index contributed by atoms with van der Waals surface area (Å²) in [6.07, 6.45) is 6.80. The minimum atomic E-state index is -0.147. The Labute approximate surface area is 207 Å². The van der Waals surface area contributed by atoms with E-state index < -0.39 is 0 Å². The van der Waals surface area contributed by atoms with Crippen LogP contribution in [0.4, 0.5) is 5.82 Å². The van der Waals surface area contributed by atoms with Crippen molar-refractivity contribution in [2.24, 2.45) is 16.6 Å². The molecule has 2 saturated heterocycles. The second kappa shape index (κ2) is 13.3. The number of carbonyl (C=O) groups excluding carboxylic acids is 1. The van der Waals surface area contributed by atoms with Crippen molar-refractivity contribution in [1.82, 2.24) is 20.5 Å². The fourth-order valence-electron chi connectivity index (χ4n) is 4.18. The number of halogens is 2. The molecule has 3 rings (SSSR count). The molecule has 4 N–H and O–H groups in total. The van der Waals surface area contributed by atoms with Crippen LogP contribution in [0.1, 0.15) is 32.1 Å². The highest BCUT2D eigenvalue weighted by molar-refractivity contribution is 14.0. The number of hydrogen-bond donors (Lipinski definition) is 3. The maximum atomic E-state index is 11.2. The molecule has 0 saturated carbocycles. The number of nitrogens with two attached hydrogens (primary N) is 1. The molecule has 0 aromatic carbocycles. The van der Waals surface area contributed by atoms with Gasteiger partial charge in [0, 0.05) is 44.8 Å². The highest BCUT2D eigenvalue weighted by Gasteiger charge is 2.25. The van der Waals surface area contributed by atoms with Crippen LogP contribution in [0, 0.1) is 5.92 Å². The van der Waals surface area contributed by atoms with Crippen LogP contribution in [-0.2, 0) is 4.79 Å². The molecule has 0 bridgehead atoms. The molecule has 1 unspecified atom stereocenters. The van der Waals surface area contributed by atoms with E-state index in [2.05, 4.69) is 30.4 Å². The van der Waals surface area contributed by atoms with Gasteiger partial charge in [-0.25, -0.2) is 4.98 Å². The summed E-state index contributed by atoms with van der Waals surface area (Å²) in [5.41, 5.74) is 5.40. The summed E-state index contributed by atoms with van der Waals surface area (Å²) in [4.78, 5) is 24.7. The number of amides is 1. The minimum absolute atomic E-state index is 0. The fourth-order valence-corrected chi connectivity index (χ4v) is 4.42. The molecule has 3 heterocycles. The van der Waals surface area contributed by atoms with Crippen molar-refractivity contribution in [2.75, 3.05) is 51.2 Å². The summed E-state index contributed by atoms with van der Waals surface area (Å²) in [5.74, 6) is 1.62. The standard InChI is InChI=1S/C21H34ClN7O.HI/c1-24-21(26-9-2-3-11-28-12-6-16(7-13-28)19(23)30)27-17-8-14-29(15-17)20-18(22)5-4-10-25-20;/h4-5,10,16-17H,2-3,6-9,11-15H2,1H3,(H2,23,30)(H2,24,26,27);1H. The molecule has 31 heavy (non-hydrogen) atoms. The van der Waals surface area contributed by atoms with Gasteiger partial charge < -0.3 is 26.2 Å². The smallest absolute Gasteiger partial charge is 0.220 e. The first-order chi connectivity index (χ1) is 14.6. The molecule has 2 aliphatic rings. The monoisotopic (exact) mass is 563 g/mol. The fraction of sp³-hybridized carbons (Fsp3) is 0.667. The van der Waals surface area contributed by atoms with Gasteiger partial charge in [-0.3, -0.25) is 9.79 Å². The molecule has 0 aliphatic carbocycles. The second-order valence-corrected chi connectivity index (χ2v) is 8.52. The first-order valence-electron chi connectivity index (χ1n) is 10.9. The van der Waals surface area contributed by atoms with Gasteiger partial charge in [-0.2, -0.15) is 0 Å². The Morgan fingerprint density at radius 3 is 2.74 bits per heavy atom. The van der Waals surface area contributed by atoms with Crippen molar-refractivity contribution in [3.63, 3.8) is 0 Å². The summed E-state index contributed by atoms with van der Waals surface area (Å²) in [6, 6.07) is 4.05. The van der Waals surface area contributed by atoms with Crippen LogP contribution in [0.3, 0.4) is 0 Å². The number of rotatable bonds is 8. The van der Waals surface area contributed by atoms with Crippen molar-refractivity contribution in [2.45, 2.75) is 38.1 Å². The van der Waals surface area contributed by atoms with Gasteiger partial charge in [-0.15, -0.1) is 24.0 Å².